The van der Waals surface area contributed by atoms with Gasteiger partial charge in [0.15, 0.2) is 5.96 Å². The number of aromatic nitrogens is 3. The summed E-state index contributed by atoms with van der Waals surface area (Å²) in [6.45, 7) is 5.74. The molecule has 2 aromatic rings. The molecule has 0 aliphatic rings. The van der Waals surface area contributed by atoms with Crippen molar-refractivity contribution in [3.8, 4) is 0 Å². The second-order valence-corrected chi connectivity index (χ2v) is 6.80. The molecule has 6 nitrogen and oxygen atoms in total. The maximum Gasteiger partial charge on any atom is 0.191 e. The van der Waals surface area contributed by atoms with Crippen LogP contribution in [0.3, 0.4) is 0 Å². The minimum absolute atomic E-state index is 0. The van der Waals surface area contributed by atoms with Crippen molar-refractivity contribution >= 4 is 45.9 Å². The van der Waals surface area contributed by atoms with E-state index < -0.39 is 0 Å². The molecular weight excluding hydrogens is 483 g/mol. The van der Waals surface area contributed by atoms with E-state index >= 15 is 0 Å². The van der Waals surface area contributed by atoms with Crippen molar-refractivity contribution in [3.05, 3.63) is 46.5 Å². The van der Waals surface area contributed by atoms with Gasteiger partial charge in [-0.25, -0.2) is 4.98 Å². The van der Waals surface area contributed by atoms with Crippen molar-refractivity contribution in [2.24, 2.45) is 12.0 Å². The SMILES string of the molecule is CN=C(NCc1ncnn1C)NCC(C)(C)c1ccccc1Br.I. The Hall–Kier alpha value is -1.16. The second kappa shape index (κ2) is 9.36. The molecule has 0 saturated heterocycles. The summed E-state index contributed by atoms with van der Waals surface area (Å²) in [5.41, 5.74) is 1.22. The molecule has 0 spiro atoms. The summed E-state index contributed by atoms with van der Waals surface area (Å²) >= 11 is 3.63. The fraction of sp³-hybridized carbons (Fsp3) is 0.438. The maximum atomic E-state index is 4.26. The van der Waals surface area contributed by atoms with Gasteiger partial charge in [0, 0.05) is 30.5 Å². The first kappa shape index (κ1) is 20.9. The number of aryl methyl sites for hydroxylation is 1. The van der Waals surface area contributed by atoms with Gasteiger partial charge in [-0.1, -0.05) is 48.0 Å². The van der Waals surface area contributed by atoms with E-state index in [1.807, 2.05) is 13.1 Å². The summed E-state index contributed by atoms with van der Waals surface area (Å²) < 4.78 is 2.86. The highest BCUT2D eigenvalue weighted by Gasteiger charge is 2.23. The largest absolute Gasteiger partial charge is 0.356 e. The third-order valence-corrected chi connectivity index (χ3v) is 4.43. The van der Waals surface area contributed by atoms with Crippen LogP contribution in [0.2, 0.25) is 0 Å². The molecule has 8 heteroatoms. The van der Waals surface area contributed by atoms with Gasteiger partial charge >= 0.3 is 0 Å². The average Bonchev–Trinajstić information content (AvgIpc) is 2.93. The molecule has 0 aliphatic carbocycles. The minimum atomic E-state index is -0.0392. The van der Waals surface area contributed by atoms with E-state index in [0.29, 0.717) is 6.54 Å². The number of benzene rings is 1. The molecule has 0 aliphatic heterocycles. The lowest BCUT2D eigenvalue weighted by molar-refractivity contribution is 0.505. The summed E-state index contributed by atoms with van der Waals surface area (Å²) in [5.74, 6) is 1.60. The maximum absolute atomic E-state index is 4.26. The van der Waals surface area contributed by atoms with Gasteiger partial charge in [0.1, 0.15) is 12.2 Å². The zero-order valence-corrected chi connectivity index (χ0v) is 18.3. The first-order valence-corrected chi connectivity index (χ1v) is 8.26. The molecule has 0 atom stereocenters. The zero-order valence-electron chi connectivity index (χ0n) is 14.4. The van der Waals surface area contributed by atoms with Crippen LogP contribution in [0.15, 0.2) is 40.1 Å². The van der Waals surface area contributed by atoms with Crippen LogP contribution in [0.4, 0.5) is 0 Å². The average molecular weight is 507 g/mol. The molecule has 1 heterocycles. The lowest BCUT2D eigenvalue weighted by atomic mass is 9.84. The highest BCUT2D eigenvalue weighted by Crippen LogP contribution is 2.29. The van der Waals surface area contributed by atoms with E-state index in [-0.39, 0.29) is 29.4 Å². The zero-order chi connectivity index (χ0) is 16.9. The van der Waals surface area contributed by atoms with Crippen molar-refractivity contribution in [2.75, 3.05) is 13.6 Å². The third-order valence-electron chi connectivity index (χ3n) is 3.74. The molecule has 2 N–H and O–H groups in total. The van der Waals surface area contributed by atoms with Gasteiger partial charge in [0.25, 0.3) is 0 Å². The molecule has 1 aromatic carbocycles. The lowest BCUT2D eigenvalue weighted by Crippen LogP contribution is -2.43. The van der Waals surface area contributed by atoms with E-state index in [9.17, 15) is 0 Å². The van der Waals surface area contributed by atoms with Gasteiger partial charge in [-0.2, -0.15) is 5.10 Å². The Morgan fingerprint density at radius 2 is 2.00 bits per heavy atom. The van der Waals surface area contributed by atoms with Crippen molar-refractivity contribution in [2.45, 2.75) is 25.8 Å². The van der Waals surface area contributed by atoms with Crippen LogP contribution < -0.4 is 10.6 Å². The normalized spacial score (nSPS) is 11.8. The Bertz CT molecular complexity index is 683. The summed E-state index contributed by atoms with van der Waals surface area (Å²) in [4.78, 5) is 8.45. The minimum Gasteiger partial charge on any atom is -0.356 e. The molecule has 1 aromatic heterocycles. The molecule has 0 fully saturated rings. The number of nitrogens with zero attached hydrogens (tertiary/aromatic N) is 4. The Labute approximate surface area is 168 Å². The Balaban J connectivity index is 0.00000288. The van der Waals surface area contributed by atoms with Crippen molar-refractivity contribution < 1.29 is 0 Å². The van der Waals surface area contributed by atoms with Gasteiger partial charge in [0.2, 0.25) is 0 Å². The van der Waals surface area contributed by atoms with E-state index in [4.69, 9.17) is 0 Å². The summed E-state index contributed by atoms with van der Waals surface area (Å²) in [6.07, 6.45) is 1.54. The Morgan fingerprint density at radius 1 is 1.29 bits per heavy atom. The Morgan fingerprint density at radius 3 is 2.58 bits per heavy atom. The third kappa shape index (κ3) is 5.44. The highest BCUT2D eigenvalue weighted by molar-refractivity contribution is 14.0. The van der Waals surface area contributed by atoms with Gasteiger partial charge < -0.3 is 10.6 Å². The number of rotatable bonds is 5. The monoisotopic (exact) mass is 506 g/mol. The number of aliphatic imine (C=N–C) groups is 1. The predicted octanol–water partition coefficient (Wildman–Crippen LogP) is 2.84. The number of nitrogens with one attached hydrogen (secondary N) is 2. The van der Waals surface area contributed by atoms with Gasteiger partial charge in [-0.15, -0.1) is 24.0 Å². The van der Waals surface area contributed by atoms with Crippen molar-refractivity contribution in [1.82, 2.24) is 25.4 Å². The standard InChI is InChI=1S/C16H23BrN6.HI/c1-16(2,12-7-5-6-8-13(12)17)10-20-15(18-3)19-9-14-21-11-22-23(14)4;/h5-8,11H,9-10H2,1-4H3,(H2,18,19,20);1H. The topological polar surface area (TPSA) is 67.1 Å². The van der Waals surface area contributed by atoms with E-state index in [1.165, 1.54) is 5.56 Å². The molecule has 132 valence electrons. The Kier molecular flexibility index (Phi) is 8.14. The van der Waals surface area contributed by atoms with E-state index in [2.05, 4.69) is 73.7 Å². The number of halogens is 2. The summed E-state index contributed by atoms with van der Waals surface area (Å²) in [5, 5.41) is 10.7. The predicted molar refractivity (Wildman–Crippen MR) is 112 cm³/mol. The molecule has 2 rings (SSSR count). The molecule has 0 unspecified atom stereocenters. The van der Waals surface area contributed by atoms with Gasteiger partial charge in [-0.05, 0) is 11.6 Å². The fourth-order valence-electron chi connectivity index (χ4n) is 2.27. The van der Waals surface area contributed by atoms with Crippen LogP contribution >= 0.6 is 39.9 Å². The van der Waals surface area contributed by atoms with Crippen LogP contribution in [0.5, 0.6) is 0 Å². The lowest BCUT2D eigenvalue weighted by Gasteiger charge is -2.27. The summed E-state index contributed by atoms with van der Waals surface area (Å²) in [7, 11) is 3.63. The quantitative estimate of drug-likeness (QED) is 0.372. The van der Waals surface area contributed by atoms with Gasteiger partial charge in [0.05, 0.1) is 6.54 Å². The van der Waals surface area contributed by atoms with Crippen LogP contribution in [0.25, 0.3) is 0 Å². The first-order valence-electron chi connectivity index (χ1n) is 7.46. The molecule has 0 bridgehead atoms. The van der Waals surface area contributed by atoms with Crippen LogP contribution in [-0.4, -0.2) is 34.3 Å². The van der Waals surface area contributed by atoms with E-state index in [1.54, 1.807) is 18.1 Å². The first-order chi connectivity index (χ1) is 10.9. The van der Waals surface area contributed by atoms with Crippen LogP contribution in [0, 0.1) is 0 Å². The van der Waals surface area contributed by atoms with Crippen molar-refractivity contribution in [3.63, 3.8) is 0 Å². The number of guanidine groups is 1. The van der Waals surface area contributed by atoms with Gasteiger partial charge in [-0.3, -0.25) is 9.67 Å². The highest BCUT2D eigenvalue weighted by atomic mass is 127. The smallest absolute Gasteiger partial charge is 0.191 e. The molecule has 0 radical (unpaired) electrons. The molecule has 0 saturated carbocycles. The fourth-order valence-corrected chi connectivity index (χ4v) is 3.10. The molecular formula is C16H24BrIN6. The summed E-state index contributed by atoms with van der Waals surface area (Å²) in [6, 6.07) is 8.29. The van der Waals surface area contributed by atoms with Crippen LogP contribution in [0.1, 0.15) is 25.2 Å². The van der Waals surface area contributed by atoms with Crippen LogP contribution in [-0.2, 0) is 19.0 Å². The molecule has 24 heavy (non-hydrogen) atoms. The molecule has 0 amide bonds. The second-order valence-electron chi connectivity index (χ2n) is 5.94. The van der Waals surface area contributed by atoms with Crippen molar-refractivity contribution in [1.29, 1.82) is 0 Å². The number of hydrogen-bond donors (Lipinski definition) is 2. The van der Waals surface area contributed by atoms with E-state index in [0.717, 1.165) is 22.8 Å². The number of hydrogen-bond acceptors (Lipinski definition) is 3.